The van der Waals surface area contributed by atoms with Crippen molar-refractivity contribution in [2.75, 3.05) is 6.61 Å². The molecule has 0 unspecified atom stereocenters. The van der Waals surface area contributed by atoms with Crippen LogP contribution < -0.4 is 19.6 Å². The number of nitrogens with zero attached hydrogens (tertiary/aromatic N) is 2. The Hall–Kier alpha value is -3.61. The van der Waals surface area contributed by atoms with E-state index in [1.807, 2.05) is 47.9 Å². The van der Waals surface area contributed by atoms with E-state index in [1.54, 1.807) is 18.2 Å². The van der Waals surface area contributed by atoms with Gasteiger partial charge in [0.05, 0.1) is 22.9 Å². The highest BCUT2D eigenvalue weighted by atomic mass is 35.5. The quantitative estimate of drug-likeness (QED) is 0.413. The summed E-state index contributed by atoms with van der Waals surface area (Å²) in [5.41, 5.74) is 6.23. The van der Waals surface area contributed by atoms with Gasteiger partial charge in [0.25, 0.3) is 5.56 Å². The molecule has 1 aromatic heterocycles. The number of fused-ring (bicyclic) bond motifs is 3. The highest BCUT2D eigenvalue weighted by Crippen LogP contribution is 2.41. The number of aromatic hydroxyl groups is 1. The average Bonchev–Trinajstić information content (AvgIpc) is 3.20. The smallest absolute Gasteiger partial charge is 0.271 e. The van der Waals surface area contributed by atoms with Crippen molar-refractivity contribution in [2.45, 2.75) is 25.8 Å². The molecule has 0 saturated carbocycles. The van der Waals surface area contributed by atoms with Crippen LogP contribution in [0.1, 0.15) is 41.6 Å². The average molecular weight is 515 g/mol. The van der Waals surface area contributed by atoms with Gasteiger partial charge < -0.3 is 9.84 Å². The molecule has 0 spiro atoms. The molecule has 36 heavy (non-hydrogen) atoms. The molecule has 0 fully saturated rings. The number of rotatable bonds is 4. The van der Waals surface area contributed by atoms with Crippen LogP contribution in [-0.4, -0.2) is 16.3 Å². The molecule has 3 aromatic carbocycles. The summed E-state index contributed by atoms with van der Waals surface area (Å²) in [6, 6.07) is 21.0. The summed E-state index contributed by atoms with van der Waals surface area (Å²) >= 11 is 7.57. The van der Waals surface area contributed by atoms with E-state index >= 15 is 0 Å². The summed E-state index contributed by atoms with van der Waals surface area (Å²) in [6.45, 7) is 2.30. The number of phenols is 1. The number of aromatic nitrogens is 1. The first kappa shape index (κ1) is 22.8. The van der Waals surface area contributed by atoms with Gasteiger partial charge in [-0.25, -0.2) is 4.99 Å². The first-order valence-electron chi connectivity index (χ1n) is 11.9. The molecule has 7 heteroatoms. The van der Waals surface area contributed by atoms with E-state index < -0.39 is 0 Å². The van der Waals surface area contributed by atoms with Crippen molar-refractivity contribution in [3.05, 3.63) is 119 Å². The van der Waals surface area contributed by atoms with Crippen LogP contribution in [0.4, 0.5) is 0 Å². The van der Waals surface area contributed by atoms with Crippen molar-refractivity contribution in [1.82, 2.24) is 4.57 Å². The number of benzene rings is 3. The summed E-state index contributed by atoms with van der Waals surface area (Å²) in [5, 5.41) is 10.7. The summed E-state index contributed by atoms with van der Waals surface area (Å²) in [6.07, 6.45) is 3.58. The Balaban J connectivity index is 1.58. The minimum Gasteiger partial charge on any atom is -0.504 e. The van der Waals surface area contributed by atoms with Gasteiger partial charge in [0.1, 0.15) is 0 Å². The maximum atomic E-state index is 13.8. The van der Waals surface area contributed by atoms with Gasteiger partial charge in [-0.15, -0.1) is 0 Å². The molecule has 0 amide bonds. The SMILES string of the molecule is CCOc1cc(/C=c2/sc3n(c2=O)[C@@H](c2ccc(Cl)cc2)C2=C(N=3)c3ccccc3CC2)ccc1O. The molecule has 6 rings (SSSR count). The summed E-state index contributed by atoms with van der Waals surface area (Å²) in [5.74, 6) is 0.467. The van der Waals surface area contributed by atoms with Crippen molar-refractivity contribution >= 4 is 34.7 Å². The fourth-order valence-electron chi connectivity index (χ4n) is 5.01. The topological polar surface area (TPSA) is 63.8 Å². The maximum Gasteiger partial charge on any atom is 0.271 e. The molecule has 5 nitrogen and oxygen atoms in total. The third-order valence-electron chi connectivity index (χ3n) is 6.64. The van der Waals surface area contributed by atoms with Crippen LogP contribution in [0.3, 0.4) is 0 Å². The summed E-state index contributed by atoms with van der Waals surface area (Å²) < 4.78 is 7.92. The molecule has 180 valence electrons. The van der Waals surface area contributed by atoms with E-state index in [2.05, 4.69) is 18.2 Å². The molecular weight excluding hydrogens is 492 g/mol. The van der Waals surface area contributed by atoms with Gasteiger partial charge in [0, 0.05) is 10.6 Å². The number of thiazole rings is 1. The van der Waals surface area contributed by atoms with Gasteiger partial charge in [-0.3, -0.25) is 9.36 Å². The largest absolute Gasteiger partial charge is 0.504 e. The lowest BCUT2D eigenvalue weighted by Crippen LogP contribution is -2.38. The predicted molar refractivity (Wildman–Crippen MR) is 143 cm³/mol. The number of aryl methyl sites for hydroxylation is 1. The molecule has 1 N–H and O–H groups in total. The van der Waals surface area contributed by atoms with Crippen LogP contribution in [0, 0.1) is 0 Å². The van der Waals surface area contributed by atoms with Crippen molar-refractivity contribution in [2.24, 2.45) is 4.99 Å². The predicted octanol–water partition coefficient (Wildman–Crippen LogP) is 5.08. The number of allylic oxidation sites excluding steroid dienone is 1. The van der Waals surface area contributed by atoms with E-state index in [9.17, 15) is 9.90 Å². The Labute approximate surface area is 216 Å². The zero-order valence-electron chi connectivity index (χ0n) is 19.6. The number of ether oxygens (including phenoxy) is 1. The minimum absolute atomic E-state index is 0.0736. The Morgan fingerprint density at radius 2 is 1.94 bits per heavy atom. The van der Waals surface area contributed by atoms with Crippen LogP contribution in [0.25, 0.3) is 11.8 Å². The zero-order valence-corrected chi connectivity index (χ0v) is 21.1. The molecule has 1 aliphatic carbocycles. The Kier molecular flexibility index (Phi) is 5.78. The third-order valence-corrected chi connectivity index (χ3v) is 7.88. The number of hydrogen-bond donors (Lipinski definition) is 1. The van der Waals surface area contributed by atoms with E-state index in [-0.39, 0.29) is 17.4 Å². The summed E-state index contributed by atoms with van der Waals surface area (Å²) in [4.78, 5) is 19.5. The molecule has 0 saturated heterocycles. The van der Waals surface area contributed by atoms with E-state index in [0.29, 0.717) is 26.7 Å². The van der Waals surface area contributed by atoms with Gasteiger partial charge in [-0.05, 0) is 72.4 Å². The van der Waals surface area contributed by atoms with Crippen molar-refractivity contribution in [1.29, 1.82) is 0 Å². The molecular formula is C29H23ClN2O3S. The van der Waals surface area contributed by atoms with E-state index in [4.69, 9.17) is 21.3 Å². The first-order valence-corrected chi connectivity index (χ1v) is 13.1. The van der Waals surface area contributed by atoms with Crippen LogP contribution >= 0.6 is 22.9 Å². The molecule has 2 aliphatic rings. The Morgan fingerprint density at radius 3 is 2.75 bits per heavy atom. The third kappa shape index (κ3) is 3.87. The lowest BCUT2D eigenvalue weighted by atomic mass is 9.83. The standard InChI is InChI=1S/C29H23ClN2O3S/c1-2-35-24-15-17(7-14-23(24)33)16-25-28(34)32-27(19-8-11-20(30)12-9-19)22-13-10-18-5-3-4-6-21(18)26(22)31-29(32)36-25/h3-9,11-12,14-16,27,33H,2,10,13H2,1H3/b25-16+/t27-/m0/s1. The van der Waals surface area contributed by atoms with Crippen molar-refractivity contribution in [3.8, 4) is 11.5 Å². The van der Waals surface area contributed by atoms with Crippen LogP contribution in [0.15, 0.2) is 82.1 Å². The zero-order chi connectivity index (χ0) is 24.8. The fourth-order valence-corrected chi connectivity index (χ4v) is 6.14. The van der Waals surface area contributed by atoms with Gasteiger partial charge in [-0.1, -0.05) is 65.4 Å². The van der Waals surface area contributed by atoms with Crippen molar-refractivity contribution in [3.63, 3.8) is 0 Å². The van der Waals surface area contributed by atoms with Crippen LogP contribution in [-0.2, 0) is 6.42 Å². The van der Waals surface area contributed by atoms with Crippen molar-refractivity contribution < 1.29 is 9.84 Å². The molecule has 1 aliphatic heterocycles. The maximum absolute atomic E-state index is 13.8. The Morgan fingerprint density at radius 1 is 1.14 bits per heavy atom. The highest BCUT2D eigenvalue weighted by Gasteiger charge is 2.32. The van der Waals surface area contributed by atoms with Gasteiger partial charge in [0.15, 0.2) is 16.3 Å². The fraction of sp³-hybridized carbons (Fsp3) is 0.172. The number of hydrogen-bond acceptors (Lipinski definition) is 5. The molecule has 4 aromatic rings. The summed E-state index contributed by atoms with van der Waals surface area (Å²) in [7, 11) is 0. The lowest BCUT2D eigenvalue weighted by Gasteiger charge is -2.30. The monoisotopic (exact) mass is 514 g/mol. The second-order valence-corrected chi connectivity index (χ2v) is 10.3. The first-order chi connectivity index (χ1) is 17.5. The van der Waals surface area contributed by atoms with E-state index in [0.717, 1.165) is 40.8 Å². The Bertz CT molecular complexity index is 1700. The van der Waals surface area contributed by atoms with Gasteiger partial charge in [-0.2, -0.15) is 0 Å². The molecule has 0 bridgehead atoms. The number of halogens is 1. The van der Waals surface area contributed by atoms with E-state index in [1.165, 1.54) is 16.9 Å². The highest BCUT2D eigenvalue weighted by molar-refractivity contribution is 7.07. The normalized spacial score (nSPS) is 16.7. The molecule has 2 heterocycles. The van der Waals surface area contributed by atoms with Crippen LogP contribution in [0.2, 0.25) is 5.02 Å². The van der Waals surface area contributed by atoms with Gasteiger partial charge >= 0.3 is 0 Å². The second kappa shape index (κ2) is 9.12. The van der Waals surface area contributed by atoms with Crippen LogP contribution in [0.5, 0.6) is 11.5 Å². The van der Waals surface area contributed by atoms with Gasteiger partial charge in [0.2, 0.25) is 0 Å². The molecule has 1 atom stereocenters. The lowest BCUT2D eigenvalue weighted by molar-refractivity contribution is 0.318. The molecule has 0 radical (unpaired) electrons. The number of phenolic OH excluding ortho intramolecular Hbond substituents is 1. The minimum atomic E-state index is -0.247. The second-order valence-electron chi connectivity index (χ2n) is 8.83.